The van der Waals surface area contributed by atoms with Crippen LogP contribution in [0, 0.1) is 29.6 Å². The highest BCUT2D eigenvalue weighted by Gasteiger charge is 2.53. The molecule has 13 nitrogen and oxygen atoms in total. The first-order chi connectivity index (χ1) is 23.1. The summed E-state index contributed by atoms with van der Waals surface area (Å²) < 4.78 is 31.3. The number of likely N-dealkylation sites (N-methyl/N-ethyl adjacent to an activating group) is 1. The summed E-state index contributed by atoms with van der Waals surface area (Å²) in [5.74, 6) is -6.43. The molecule has 0 saturated carbocycles. The Bertz CT molecular complexity index is 1300. The van der Waals surface area contributed by atoms with Crippen molar-refractivity contribution < 1.29 is 52.8 Å². The van der Waals surface area contributed by atoms with Gasteiger partial charge in [0, 0.05) is 37.8 Å². The molecular weight excluding hydrogens is 648 g/mol. The molecule has 0 aliphatic carbocycles. The van der Waals surface area contributed by atoms with Gasteiger partial charge in [0.1, 0.15) is 24.2 Å². The molecule has 0 unspecified atom stereocenters. The van der Waals surface area contributed by atoms with Crippen LogP contribution in [0.1, 0.15) is 101 Å². The van der Waals surface area contributed by atoms with Crippen molar-refractivity contribution in [3.63, 3.8) is 0 Å². The second-order valence-corrected chi connectivity index (χ2v) is 15.4. The number of Topliss-reactive ketones (excluding diaryl/α,β-unsaturated/α-hetero) is 2. The molecule has 3 fully saturated rings. The average Bonchev–Trinajstić information content (AvgIpc) is 3.03. The second-order valence-electron chi connectivity index (χ2n) is 15.4. The van der Waals surface area contributed by atoms with Gasteiger partial charge in [-0.3, -0.25) is 24.0 Å². The number of esters is 2. The van der Waals surface area contributed by atoms with Gasteiger partial charge in [-0.25, -0.2) is 4.99 Å². The Balaban J connectivity index is 2.32. The minimum atomic E-state index is -1.65. The minimum Gasteiger partial charge on any atom is -0.459 e. The third-order valence-electron chi connectivity index (χ3n) is 11.0. The lowest BCUT2D eigenvalue weighted by Gasteiger charge is -2.48. The molecule has 3 saturated heterocycles. The predicted molar refractivity (Wildman–Crippen MR) is 184 cm³/mol. The van der Waals surface area contributed by atoms with Crippen molar-refractivity contribution in [3.8, 4) is 0 Å². The molecule has 3 rings (SSSR count). The van der Waals surface area contributed by atoms with Crippen LogP contribution in [0.2, 0.25) is 0 Å². The number of cyclic esters (lactones) is 1. The molecule has 0 aromatic rings. The summed E-state index contributed by atoms with van der Waals surface area (Å²) in [7, 11) is 3.73. The number of hydrogen-bond donors (Lipinski definition) is 1. The summed E-state index contributed by atoms with van der Waals surface area (Å²) in [5, 5.41) is 12.2. The number of carbonyl (C=O) groups is 5. The average molecular weight is 709 g/mol. The molecule has 1 amide bonds. The smallest absolute Gasteiger partial charge is 0.316 e. The van der Waals surface area contributed by atoms with E-state index in [0.717, 1.165) is 0 Å². The van der Waals surface area contributed by atoms with E-state index in [1.165, 1.54) is 20.8 Å². The van der Waals surface area contributed by atoms with Gasteiger partial charge < -0.3 is 33.7 Å². The third-order valence-corrected chi connectivity index (χ3v) is 11.0. The number of aliphatic hydroxyl groups is 1. The zero-order valence-electron chi connectivity index (χ0n) is 32.0. The van der Waals surface area contributed by atoms with Gasteiger partial charge in [-0.15, -0.1) is 0 Å². The summed E-state index contributed by atoms with van der Waals surface area (Å²) in [4.78, 5) is 72.9. The van der Waals surface area contributed by atoms with Gasteiger partial charge >= 0.3 is 11.9 Å². The fraction of sp³-hybridized carbons (Fsp3) is 0.838. The van der Waals surface area contributed by atoms with Crippen LogP contribution in [0.4, 0.5) is 0 Å². The molecule has 13 heteroatoms. The highest BCUT2D eigenvalue weighted by molar-refractivity contribution is 6.00. The van der Waals surface area contributed by atoms with Crippen LogP contribution in [0.25, 0.3) is 0 Å². The summed E-state index contributed by atoms with van der Waals surface area (Å²) >= 11 is 0. The maximum absolute atomic E-state index is 14.3. The molecular formula is C37H60N2O11. The van der Waals surface area contributed by atoms with E-state index < -0.39 is 89.0 Å². The van der Waals surface area contributed by atoms with Crippen LogP contribution in [0.15, 0.2) is 4.99 Å². The quantitative estimate of drug-likeness (QED) is 0.326. The van der Waals surface area contributed by atoms with E-state index in [9.17, 15) is 29.1 Å². The number of aliphatic imine (C=N–C) groups is 1. The monoisotopic (exact) mass is 708 g/mol. The minimum absolute atomic E-state index is 0.0338. The van der Waals surface area contributed by atoms with Crippen LogP contribution in [0.3, 0.4) is 0 Å². The number of carbonyl (C=O) groups excluding carboxylic acids is 5. The van der Waals surface area contributed by atoms with E-state index in [-0.39, 0.29) is 50.2 Å². The van der Waals surface area contributed by atoms with Gasteiger partial charge in [-0.05, 0) is 79.3 Å². The maximum Gasteiger partial charge on any atom is 0.316 e. The van der Waals surface area contributed by atoms with Gasteiger partial charge in [0.25, 0.3) is 0 Å². The lowest BCUT2D eigenvalue weighted by molar-refractivity contribution is -0.299. The van der Waals surface area contributed by atoms with Gasteiger partial charge in [0.2, 0.25) is 5.91 Å². The van der Waals surface area contributed by atoms with E-state index in [2.05, 4.69) is 4.99 Å². The number of ether oxygens (including phenoxy) is 5. The number of amides is 1. The lowest BCUT2D eigenvalue weighted by Crippen LogP contribution is -2.60. The summed E-state index contributed by atoms with van der Waals surface area (Å²) in [6.45, 7) is 16.2. The summed E-state index contributed by atoms with van der Waals surface area (Å²) in [6, 6.07) is -0.293. The molecule has 2 bridgehead atoms. The molecule has 284 valence electrons. The van der Waals surface area contributed by atoms with Crippen molar-refractivity contribution in [2.75, 3.05) is 20.7 Å². The maximum atomic E-state index is 14.3. The predicted octanol–water partition coefficient (Wildman–Crippen LogP) is 3.70. The molecule has 50 heavy (non-hydrogen) atoms. The SMILES string of the molecule is CC[C@H]1OC(=O)[C@H](C)C(=O)[C@H](C)[C@@H](O[C@@H]2O[C@H](C)C[C@H](N(C)C)[C@H]2OC(C)=O)[C@@]2(C)C[C@@H](C)/C(=N\C(C)=O)[C@H](C)[C@@H](CCC(=O)CO2)[C@]1(C)O. The van der Waals surface area contributed by atoms with Crippen molar-refractivity contribution in [3.05, 3.63) is 0 Å². The molecule has 3 aliphatic rings. The number of hydrogen-bond acceptors (Lipinski definition) is 12. The highest BCUT2D eigenvalue weighted by Crippen LogP contribution is 2.42. The molecule has 3 aliphatic heterocycles. The van der Waals surface area contributed by atoms with Gasteiger partial charge in [0.05, 0.1) is 23.9 Å². The Hall–Kier alpha value is -2.58. The van der Waals surface area contributed by atoms with Gasteiger partial charge in [-0.1, -0.05) is 27.7 Å². The fourth-order valence-electron chi connectivity index (χ4n) is 8.35. The number of ketones is 2. The summed E-state index contributed by atoms with van der Waals surface area (Å²) in [6.07, 6.45) is -3.36. The summed E-state index contributed by atoms with van der Waals surface area (Å²) in [5.41, 5.74) is -2.56. The Morgan fingerprint density at radius 1 is 1.04 bits per heavy atom. The second kappa shape index (κ2) is 16.8. The van der Waals surface area contributed by atoms with E-state index in [1.54, 1.807) is 27.7 Å². The molecule has 0 spiro atoms. The first-order valence-electron chi connectivity index (χ1n) is 18.0. The highest BCUT2D eigenvalue weighted by atomic mass is 16.7. The van der Waals surface area contributed by atoms with Crippen molar-refractivity contribution in [1.82, 2.24) is 4.90 Å². The first-order valence-corrected chi connectivity index (χ1v) is 18.0. The zero-order valence-corrected chi connectivity index (χ0v) is 32.0. The first kappa shape index (κ1) is 41.8. The molecule has 0 aromatic heterocycles. The standard InChI is InChI=1S/C37H60N2O11/c1-13-29-37(10,45)27-15-14-26(42)18-46-36(9,17-19(2)30(21(27)4)38-24(7)40)33(22(5)31(43)23(6)34(44)49-29)50-35-32(48-25(8)41)28(39(11)12)16-20(3)47-35/h19-23,27-29,32-33,35,45H,13-18H2,1-12H3/b38-30+/t19-,20-,21-,22+,23-,27-,28+,29-,32-,33-,35+,36-,37+/m1/s1. The van der Waals surface area contributed by atoms with Crippen LogP contribution in [-0.4, -0.2) is 114 Å². The molecule has 0 radical (unpaired) electrons. The molecule has 1 N–H and O–H groups in total. The molecule has 13 atom stereocenters. The lowest BCUT2D eigenvalue weighted by atomic mass is 9.68. The van der Waals surface area contributed by atoms with Crippen molar-refractivity contribution in [1.29, 1.82) is 0 Å². The third kappa shape index (κ3) is 9.44. The van der Waals surface area contributed by atoms with E-state index in [0.29, 0.717) is 12.1 Å². The van der Waals surface area contributed by atoms with Crippen molar-refractivity contribution in [2.45, 2.75) is 149 Å². The van der Waals surface area contributed by atoms with Crippen LogP contribution in [-0.2, 0) is 47.7 Å². The van der Waals surface area contributed by atoms with Crippen LogP contribution >= 0.6 is 0 Å². The van der Waals surface area contributed by atoms with Crippen molar-refractivity contribution >= 4 is 35.1 Å². The van der Waals surface area contributed by atoms with Gasteiger partial charge in [0.15, 0.2) is 24.0 Å². The molecule has 0 aromatic carbocycles. The number of nitrogens with zero attached hydrogens (tertiary/aromatic N) is 2. The van der Waals surface area contributed by atoms with E-state index >= 15 is 0 Å². The van der Waals surface area contributed by atoms with Crippen LogP contribution < -0.4 is 0 Å². The Morgan fingerprint density at radius 3 is 2.24 bits per heavy atom. The Labute approximate surface area is 297 Å². The molecule has 3 heterocycles. The Morgan fingerprint density at radius 2 is 1.68 bits per heavy atom. The fourth-order valence-corrected chi connectivity index (χ4v) is 8.35. The largest absolute Gasteiger partial charge is 0.459 e. The van der Waals surface area contributed by atoms with Crippen LogP contribution in [0.5, 0.6) is 0 Å². The zero-order chi connectivity index (χ0) is 37.9. The number of fused-ring (bicyclic) bond motifs is 5. The van der Waals surface area contributed by atoms with E-state index in [4.69, 9.17) is 23.7 Å². The van der Waals surface area contributed by atoms with Crippen molar-refractivity contribution in [2.24, 2.45) is 34.6 Å². The Kier molecular flexibility index (Phi) is 14.1. The topological polar surface area (TPSA) is 167 Å². The van der Waals surface area contributed by atoms with Gasteiger partial charge in [-0.2, -0.15) is 0 Å². The normalized spacial score (nSPS) is 41.9. The number of rotatable bonds is 5. The van der Waals surface area contributed by atoms with E-state index in [1.807, 2.05) is 39.8 Å².